The third-order valence-corrected chi connectivity index (χ3v) is 4.08. The van der Waals surface area contributed by atoms with Crippen LogP contribution in [0.5, 0.6) is 0 Å². The molecule has 0 saturated carbocycles. The van der Waals surface area contributed by atoms with Gasteiger partial charge in [0.2, 0.25) is 5.91 Å². The lowest BCUT2D eigenvalue weighted by Gasteiger charge is -2.10. The van der Waals surface area contributed by atoms with Gasteiger partial charge in [0.1, 0.15) is 0 Å². The number of carbonyl (C=O) groups excluding carboxylic acids is 3. The average molecular weight is 373 g/mol. The van der Waals surface area contributed by atoms with Crippen LogP contribution in [-0.4, -0.2) is 17.7 Å². The molecule has 0 bridgehead atoms. The van der Waals surface area contributed by atoms with Crippen molar-refractivity contribution in [2.75, 3.05) is 10.6 Å². The van der Waals surface area contributed by atoms with Gasteiger partial charge in [-0.05, 0) is 42.0 Å². The first-order chi connectivity index (χ1) is 13.5. The fraction of sp³-hybridized carbons (Fsp3) is 0.0455. The van der Waals surface area contributed by atoms with E-state index in [9.17, 15) is 14.4 Å². The maximum absolute atomic E-state index is 12.4. The summed E-state index contributed by atoms with van der Waals surface area (Å²) in [4.78, 5) is 36.0. The van der Waals surface area contributed by atoms with Crippen molar-refractivity contribution in [2.24, 2.45) is 5.73 Å². The molecule has 0 aromatic heterocycles. The summed E-state index contributed by atoms with van der Waals surface area (Å²) in [6.07, 6.45) is 0.271. The SMILES string of the molecule is NC(=O)c1ccccc1NC(=O)c1ccc(NC(=O)Cc2ccccc2)cc1. The summed E-state index contributed by atoms with van der Waals surface area (Å²) >= 11 is 0. The van der Waals surface area contributed by atoms with Crippen LogP contribution in [0.25, 0.3) is 0 Å². The van der Waals surface area contributed by atoms with Gasteiger partial charge in [0.25, 0.3) is 11.8 Å². The van der Waals surface area contributed by atoms with Crippen molar-refractivity contribution in [1.82, 2.24) is 0 Å². The van der Waals surface area contributed by atoms with Crippen molar-refractivity contribution in [1.29, 1.82) is 0 Å². The van der Waals surface area contributed by atoms with Crippen LogP contribution in [0.4, 0.5) is 11.4 Å². The van der Waals surface area contributed by atoms with Gasteiger partial charge < -0.3 is 16.4 Å². The second kappa shape index (κ2) is 8.64. The summed E-state index contributed by atoms with van der Waals surface area (Å²) in [6.45, 7) is 0. The summed E-state index contributed by atoms with van der Waals surface area (Å²) in [7, 11) is 0. The maximum Gasteiger partial charge on any atom is 0.255 e. The van der Waals surface area contributed by atoms with Gasteiger partial charge in [0, 0.05) is 11.3 Å². The lowest BCUT2D eigenvalue weighted by atomic mass is 10.1. The summed E-state index contributed by atoms with van der Waals surface area (Å²) in [5, 5.41) is 5.47. The van der Waals surface area contributed by atoms with E-state index in [0.717, 1.165) is 5.56 Å². The molecule has 140 valence electrons. The van der Waals surface area contributed by atoms with Crippen LogP contribution in [0, 0.1) is 0 Å². The number of nitrogens with one attached hydrogen (secondary N) is 2. The minimum atomic E-state index is -0.618. The molecule has 3 aromatic rings. The van der Waals surface area contributed by atoms with Crippen LogP contribution in [0.15, 0.2) is 78.9 Å². The molecule has 3 aromatic carbocycles. The number of rotatable bonds is 6. The third kappa shape index (κ3) is 4.82. The predicted octanol–water partition coefficient (Wildman–Crippen LogP) is 3.22. The summed E-state index contributed by atoms with van der Waals surface area (Å²) < 4.78 is 0. The van der Waals surface area contributed by atoms with Crippen LogP contribution < -0.4 is 16.4 Å². The highest BCUT2D eigenvalue weighted by molar-refractivity contribution is 6.08. The lowest BCUT2D eigenvalue weighted by Crippen LogP contribution is -2.18. The molecule has 28 heavy (non-hydrogen) atoms. The topological polar surface area (TPSA) is 101 Å². The molecule has 4 N–H and O–H groups in total. The first kappa shape index (κ1) is 18.8. The van der Waals surface area contributed by atoms with E-state index in [1.165, 1.54) is 0 Å². The van der Waals surface area contributed by atoms with E-state index in [0.29, 0.717) is 16.9 Å². The number of hydrogen-bond acceptors (Lipinski definition) is 3. The van der Waals surface area contributed by atoms with Gasteiger partial charge in [0.05, 0.1) is 17.7 Å². The number of benzene rings is 3. The van der Waals surface area contributed by atoms with Crippen LogP contribution in [0.2, 0.25) is 0 Å². The highest BCUT2D eigenvalue weighted by atomic mass is 16.2. The number of amides is 3. The molecular weight excluding hydrogens is 354 g/mol. The van der Waals surface area contributed by atoms with Crippen molar-refractivity contribution in [3.63, 3.8) is 0 Å². The average Bonchev–Trinajstić information content (AvgIpc) is 2.69. The molecule has 0 saturated heterocycles. The Morgan fingerprint density at radius 2 is 1.39 bits per heavy atom. The molecule has 0 unspecified atom stereocenters. The van der Waals surface area contributed by atoms with Crippen LogP contribution >= 0.6 is 0 Å². The Balaban J connectivity index is 1.63. The van der Waals surface area contributed by atoms with E-state index in [2.05, 4.69) is 10.6 Å². The number of nitrogens with two attached hydrogens (primary N) is 1. The Morgan fingerprint density at radius 1 is 0.750 bits per heavy atom. The number of para-hydroxylation sites is 1. The first-order valence-electron chi connectivity index (χ1n) is 8.67. The Morgan fingerprint density at radius 3 is 2.07 bits per heavy atom. The fourth-order valence-electron chi connectivity index (χ4n) is 2.69. The fourth-order valence-corrected chi connectivity index (χ4v) is 2.69. The zero-order chi connectivity index (χ0) is 19.9. The molecule has 6 nitrogen and oxygen atoms in total. The largest absolute Gasteiger partial charge is 0.366 e. The Labute approximate surface area is 162 Å². The van der Waals surface area contributed by atoms with Crippen molar-refractivity contribution in [2.45, 2.75) is 6.42 Å². The summed E-state index contributed by atoms with van der Waals surface area (Å²) in [5.41, 5.74) is 7.81. The van der Waals surface area contributed by atoms with E-state index in [1.54, 1.807) is 48.5 Å². The van der Waals surface area contributed by atoms with Gasteiger partial charge in [-0.1, -0.05) is 42.5 Å². The molecule has 0 spiro atoms. The van der Waals surface area contributed by atoms with E-state index >= 15 is 0 Å². The van der Waals surface area contributed by atoms with Gasteiger partial charge in [-0.2, -0.15) is 0 Å². The van der Waals surface area contributed by atoms with E-state index < -0.39 is 5.91 Å². The Kier molecular flexibility index (Phi) is 5.81. The maximum atomic E-state index is 12.4. The quantitative estimate of drug-likeness (QED) is 0.618. The smallest absolute Gasteiger partial charge is 0.255 e. The Hall–Kier alpha value is -3.93. The van der Waals surface area contributed by atoms with E-state index in [1.807, 2.05) is 30.3 Å². The van der Waals surface area contributed by atoms with Crippen LogP contribution in [0.3, 0.4) is 0 Å². The van der Waals surface area contributed by atoms with Gasteiger partial charge in [0.15, 0.2) is 0 Å². The second-order valence-electron chi connectivity index (χ2n) is 6.15. The van der Waals surface area contributed by atoms with Crippen molar-refractivity contribution < 1.29 is 14.4 Å². The van der Waals surface area contributed by atoms with Crippen molar-refractivity contribution >= 4 is 29.1 Å². The first-order valence-corrected chi connectivity index (χ1v) is 8.67. The monoisotopic (exact) mass is 373 g/mol. The minimum Gasteiger partial charge on any atom is -0.366 e. The van der Waals surface area contributed by atoms with Gasteiger partial charge in [-0.3, -0.25) is 14.4 Å². The van der Waals surface area contributed by atoms with Gasteiger partial charge in [-0.25, -0.2) is 0 Å². The van der Waals surface area contributed by atoms with Crippen LogP contribution in [-0.2, 0) is 11.2 Å². The molecule has 6 heteroatoms. The second-order valence-corrected chi connectivity index (χ2v) is 6.15. The zero-order valence-electron chi connectivity index (χ0n) is 15.0. The van der Waals surface area contributed by atoms with Crippen LogP contribution in [0.1, 0.15) is 26.3 Å². The van der Waals surface area contributed by atoms with Crippen molar-refractivity contribution in [3.05, 3.63) is 95.6 Å². The number of hydrogen-bond donors (Lipinski definition) is 3. The molecule has 0 radical (unpaired) electrons. The lowest BCUT2D eigenvalue weighted by molar-refractivity contribution is -0.115. The minimum absolute atomic E-state index is 0.140. The zero-order valence-corrected chi connectivity index (χ0v) is 15.0. The Bertz CT molecular complexity index is 999. The van der Waals surface area contributed by atoms with Crippen molar-refractivity contribution in [3.8, 4) is 0 Å². The highest BCUT2D eigenvalue weighted by Crippen LogP contribution is 2.17. The highest BCUT2D eigenvalue weighted by Gasteiger charge is 2.12. The molecule has 3 amide bonds. The summed E-state index contributed by atoms with van der Waals surface area (Å²) in [6, 6.07) is 22.4. The molecule has 3 rings (SSSR count). The third-order valence-electron chi connectivity index (χ3n) is 4.08. The van der Waals surface area contributed by atoms with E-state index in [-0.39, 0.29) is 23.8 Å². The molecular formula is C22H19N3O3. The molecule has 0 aliphatic heterocycles. The normalized spacial score (nSPS) is 10.1. The number of carbonyl (C=O) groups is 3. The molecule has 0 heterocycles. The van der Waals surface area contributed by atoms with E-state index in [4.69, 9.17) is 5.73 Å². The summed E-state index contributed by atoms with van der Waals surface area (Å²) in [5.74, 6) is -1.14. The molecule has 0 aliphatic rings. The van der Waals surface area contributed by atoms with Gasteiger partial charge in [-0.15, -0.1) is 0 Å². The number of anilines is 2. The predicted molar refractivity (Wildman–Crippen MR) is 108 cm³/mol. The molecule has 0 atom stereocenters. The van der Waals surface area contributed by atoms with Gasteiger partial charge >= 0.3 is 0 Å². The molecule has 0 aliphatic carbocycles. The standard InChI is InChI=1S/C22H19N3O3/c23-21(27)18-8-4-5-9-19(18)25-22(28)16-10-12-17(13-11-16)24-20(26)14-15-6-2-1-3-7-15/h1-13H,14H2,(H2,23,27)(H,24,26)(H,25,28). The number of primary amides is 1. The molecule has 0 fully saturated rings.